The first-order chi connectivity index (χ1) is 15.2. The highest BCUT2D eigenvalue weighted by atomic mass is 16.5. The van der Waals surface area contributed by atoms with Crippen LogP contribution in [0.3, 0.4) is 0 Å². The van der Waals surface area contributed by atoms with E-state index >= 15 is 0 Å². The van der Waals surface area contributed by atoms with Gasteiger partial charge in [-0.2, -0.15) is 0 Å². The van der Waals surface area contributed by atoms with Gasteiger partial charge in [0.25, 0.3) is 0 Å². The van der Waals surface area contributed by atoms with Gasteiger partial charge in [-0.25, -0.2) is 0 Å². The Morgan fingerprint density at radius 2 is 1.03 bits per heavy atom. The van der Waals surface area contributed by atoms with Gasteiger partial charge >= 0.3 is 11.9 Å². The van der Waals surface area contributed by atoms with Crippen LogP contribution in [0, 0.1) is 23.7 Å². The highest BCUT2D eigenvalue weighted by Crippen LogP contribution is 2.21. The summed E-state index contributed by atoms with van der Waals surface area (Å²) in [7, 11) is 0. The molecule has 0 aromatic heterocycles. The van der Waals surface area contributed by atoms with Crippen molar-refractivity contribution in [2.24, 2.45) is 23.7 Å². The lowest BCUT2D eigenvalue weighted by atomic mass is 9.90. The Labute approximate surface area is 199 Å². The number of esters is 2. The van der Waals surface area contributed by atoms with Crippen molar-refractivity contribution in [1.82, 2.24) is 0 Å². The van der Waals surface area contributed by atoms with Gasteiger partial charge in [-0.15, -0.1) is 0 Å². The highest BCUT2D eigenvalue weighted by molar-refractivity contribution is 5.72. The smallest absolute Gasteiger partial charge is 0.308 e. The number of unbranched alkanes of at least 4 members (excludes halogenated alkanes) is 7. The Kier molecular flexibility index (Phi) is 19.9. The van der Waals surface area contributed by atoms with E-state index in [2.05, 4.69) is 34.6 Å². The van der Waals surface area contributed by atoms with Crippen LogP contribution in [0.1, 0.15) is 131 Å². The largest absolute Gasteiger partial charge is 0.466 e. The third kappa shape index (κ3) is 19.6. The molecule has 0 saturated heterocycles. The minimum atomic E-state index is -0.0378. The molecule has 32 heavy (non-hydrogen) atoms. The van der Waals surface area contributed by atoms with Crippen LogP contribution < -0.4 is 0 Å². The number of ether oxygens (including phenoxy) is 2. The molecule has 0 aliphatic heterocycles. The molecule has 0 fully saturated rings. The maximum Gasteiger partial charge on any atom is 0.308 e. The van der Waals surface area contributed by atoms with E-state index in [1.54, 1.807) is 0 Å². The van der Waals surface area contributed by atoms with Gasteiger partial charge in [-0.3, -0.25) is 9.59 Å². The number of rotatable bonds is 21. The van der Waals surface area contributed by atoms with Gasteiger partial charge in [0.2, 0.25) is 0 Å². The molecule has 2 unspecified atom stereocenters. The average molecular weight is 455 g/mol. The predicted molar refractivity (Wildman–Crippen MR) is 135 cm³/mol. The van der Waals surface area contributed by atoms with E-state index in [-0.39, 0.29) is 17.9 Å². The van der Waals surface area contributed by atoms with Crippen LogP contribution in [0.5, 0.6) is 0 Å². The van der Waals surface area contributed by atoms with Gasteiger partial charge in [-0.05, 0) is 56.3 Å². The summed E-state index contributed by atoms with van der Waals surface area (Å²) in [4.78, 5) is 23.9. The van der Waals surface area contributed by atoms with E-state index in [0.29, 0.717) is 25.6 Å². The van der Waals surface area contributed by atoms with Crippen LogP contribution in [-0.2, 0) is 19.1 Å². The molecule has 4 nitrogen and oxygen atoms in total. The molecular weight excluding hydrogens is 400 g/mol. The van der Waals surface area contributed by atoms with Crippen LogP contribution in [0.4, 0.5) is 0 Å². The molecule has 2 atom stereocenters. The first-order valence-electron chi connectivity index (χ1n) is 13.6. The molecule has 0 radical (unpaired) electrons. The van der Waals surface area contributed by atoms with Crippen molar-refractivity contribution in [3.8, 4) is 0 Å². The van der Waals surface area contributed by atoms with Crippen LogP contribution in [0.25, 0.3) is 0 Å². The standard InChI is InChI=1S/C28H54O4/c1-23(2)17-13-15-21-31-27(29)20-12-10-8-7-9-11-19-25(5)26(6)28(30)32-22-16-14-18-24(3)4/h23-26H,7-22H2,1-6H3. The molecule has 0 saturated carbocycles. The van der Waals surface area contributed by atoms with E-state index in [9.17, 15) is 9.59 Å². The third-order valence-electron chi connectivity index (χ3n) is 6.37. The zero-order chi connectivity index (χ0) is 24.2. The molecule has 0 heterocycles. The number of carbonyl (C=O) groups excluding carboxylic acids is 2. The summed E-state index contributed by atoms with van der Waals surface area (Å²) in [6.45, 7) is 14.2. The molecule has 0 aliphatic carbocycles. The summed E-state index contributed by atoms with van der Waals surface area (Å²) in [6.07, 6.45) is 15.0. The quantitative estimate of drug-likeness (QED) is 0.130. The second-order valence-corrected chi connectivity index (χ2v) is 10.6. The molecular formula is C28H54O4. The van der Waals surface area contributed by atoms with Crippen molar-refractivity contribution in [2.75, 3.05) is 13.2 Å². The van der Waals surface area contributed by atoms with Gasteiger partial charge in [0.1, 0.15) is 0 Å². The summed E-state index contributed by atoms with van der Waals surface area (Å²) in [5.74, 6) is 1.72. The fourth-order valence-electron chi connectivity index (χ4n) is 3.80. The molecule has 0 rings (SSSR count). The fourth-order valence-corrected chi connectivity index (χ4v) is 3.80. The van der Waals surface area contributed by atoms with Crippen LogP contribution in [0.2, 0.25) is 0 Å². The van der Waals surface area contributed by atoms with E-state index in [4.69, 9.17) is 9.47 Å². The molecule has 0 aromatic carbocycles. The minimum Gasteiger partial charge on any atom is -0.466 e. The van der Waals surface area contributed by atoms with E-state index in [1.165, 1.54) is 32.1 Å². The molecule has 0 bridgehead atoms. The topological polar surface area (TPSA) is 52.6 Å². The lowest BCUT2D eigenvalue weighted by Gasteiger charge is -2.18. The zero-order valence-corrected chi connectivity index (χ0v) is 22.3. The van der Waals surface area contributed by atoms with E-state index < -0.39 is 0 Å². The number of hydrogen-bond acceptors (Lipinski definition) is 4. The van der Waals surface area contributed by atoms with Gasteiger partial charge in [-0.1, -0.05) is 86.5 Å². The SMILES string of the molecule is CC(C)CCCCOC(=O)CCCCCCCCC(C)C(C)C(=O)OCCCCC(C)C. The number of hydrogen-bond donors (Lipinski definition) is 0. The summed E-state index contributed by atoms with van der Waals surface area (Å²) in [5.41, 5.74) is 0. The summed E-state index contributed by atoms with van der Waals surface area (Å²) >= 11 is 0. The summed E-state index contributed by atoms with van der Waals surface area (Å²) < 4.78 is 10.8. The molecule has 4 heteroatoms. The Hall–Kier alpha value is -1.06. The van der Waals surface area contributed by atoms with Crippen molar-refractivity contribution in [3.63, 3.8) is 0 Å². The van der Waals surface area contributed by atoms with E-state index in [1.807, 2.05) is 6.92 Å². The zero-order valence-electron chi connectivity index (χ0n) is 22.3. The highest BCUT2D eigenvalue weighted by Gasteiger charge is 2.21. The lowest BCUT2D eigenvalue weighted by Crippen LogP contribution is -2.22. The second-order valence-electron chi connectivity index (χ2n) is 10.6. The van der Waals surface area contributed by atoms with Crippen molar-refractivity contribution in [3.05, 3.63) is 0 Å². The van der Waals surface area contributed by atoms with Crippen LogP contribution in [-0.4, -0.2) is 25.2 Å². The minimum absolute atomic E-state index is 0.0171. The normalized spacial score (nSPS) is 13.4. The molecule has 0 spiro atoms. The van der Waals surface area contributed by atoms with Crippen molar-refractivity contribution in [2.45, 2.75) is 131 Å². The van der Waals surface area contributed by atoms with Gasteiger partial charge < -0.3 is 9.47 Å². The van der Waals surface area contributed by atoms with Gasteiger partial charge in [0.15, 0.2) is 0 Å². The van der Waals surface area contributed by atoms with Crippen LogP contribution >= 0.6 is 0 Å². The Morgan fingerprint density at radius 3 is 1.59 bits per heavy atom. The third-order valence-corrected chi connectivity index (χ3v) is 6.37. The van der Waals surface area contributed by atoms with Crippen LogP contribution in [0.15, 0.2) is 0 Å². The Bertz CT molecular complexity index is 458. The number of carbonyl (C=O) groups is 2. The molecule has 190 valence electrons. The molecule has 0 aliphatic rings. The fraction of sp³-hybridized carbons (Fsp3) is 0.929. The molecule has 0 aromatic rings. The Morgan fingerprint density at radius 1 is 0.562 bits per heavy atom. The van der Waals surface area contributed by atoms with Crippen molar-refractivity contribution < 1.29 is 19.1 Å². The lowest BCUT2D eigenvalue weighted by molar-refractivity contribution is -0.150. The first-order valence-corrected chi connectivity index (χ1v) is 13.6. The van der Waals surface area contributed by atoms with Crippen molar-refractivity contribution >= 4 is 11.9 Å². The maximum absolute atomic E-state index is 12.2. The van der Waals surface area contributed by atoms with Gasteiger partial charge in [0, 0.05) is 6.42 Å². The molecule has 0 N–H and O–H groups in total. The Balaban J connectivity index is 3.56. The molecule has 0 amide bonds. The summed E-state index contributed by atoms with van der Waals surface area (Å²) in [5, 5.41) is 0. The monoisotopic (exact) mass is 454 g/mol. The summed E-state index contributed by atoms with van der Waals surface area (Å²) in [6, 6.07) is 0. The maximum atomic E-state index is 12.2. The second kappa shape index (κ2) is 20.5. The van der Waals surface area contributed by atoms with Gasteiger partial charge in [0.05, 0.1) is 19.1 Å². The predicted octanol–water partition coefficient (Wildman–Crippen LogP) is 8.12. The first kappa shape index (κ1) is 30.9. The average Bonchev–Trinajstić information content (AvgIpc) is 2.73. The van der Waals surface area contributed by atoms with Crippen molar-refractivity contribution in [1.29, 1.82) is 0 Å². The van der Waals surface area contributed by atoms with E-state index in [0.717, 1.165) is 63.2 Å².